The third-order valence-corrected chi connectivity index (χ3v) is 11.0. The number of hydrogen-bond donors (Lipinski definition) is 1. The molecule has 0 bridgehead atoms. The average molecular weight is 628 g/mol. The Kier molecular flexibility index (Phi) is 6.60. The summed E-state index contributed by atoms with van der Waals surface area (Å²) >= 11 is 0.685. The number of benzene rings is 1. The number of sulfonamides is 1. The second kappa shape index (κ2) is 10.1. The maximum absolute atomic E-state index is 13.5. The molecule has 3 aliphatic rings. The number of carbonyl (C=O) groups excluding carboxylic acids is 1. The minimum Gasteiger partial charge on any atom is -0.352 e. The van der Waals surface area contributed by atoms with Crippen molar-refractivity contribution in [3.63, 3.8) is 0 Å². The first-order valence-corrected chi connectivity index (χ1v) is 16.3. The summed E-state index contributed by atoms with van der Waals surface area (Å²) in [5, 5.41) is 17.9. The summed E-state index contributed by atoms with van der Waals surface area (Å²) in [6.45, 7) is 3.60. The minimum atomic E-state index is -4.08. The van der Waals surface area contributed by atoms with Crippen molar-refractivity contribution in [3.8, 4) is 11.2 Å². The van der Waals surface area contributed by atoms with Crippen molar-refractivity contribution in [2.24, 2.45) is 5.92 Å². The van der Waals surface area contributed by atoms with Gasteiger partial charge in [-0.05, 0) is 44.7 Å². The van der Waals surface area contributed by atoms with E-state index in [1.54, 1.807) is 6.07 Å². The molecule has 2 saturated carbocycles. The molecule has 7 rings (SSSR count). The van der Waals surface area contributed by atoms with Crippen molar-refractivity contribution in [1.29, 1.82) is 5.26 Å². The molecule has 1 aliphatic heterocycles. The Morgan fingerprint density at radius 3 is 2.63 bits per heavy atom. The van der Waals surface area contributed by atoms with E-state index in [9.17, 15) is 27.3 Å². The number of carbonyl (C=O) groups is 1. The predicted octanol–water partition coefficient (Wildman–Crippen LogP) is 3.53. The van der Waals surface area contributed by atoms with Gasteiger partial charge < -0.3 is 9.80 Å². The number of hydrogen-bond acceptors (Lipinski definition) is 10. The number of aromatic nitrogens is 5. The third-order valence-electron chi connectivity index (χ3n) is 8.57. The smallest absolute Gasteiger partial charge is 0.291 e. The monoisotopic (exact) mass is 627 g/mol. The summed E-state index contributed by atoms with van der Waals surface area (Å²) in [6.07, 6.45) is 2.34. The molecule has 0 spiro atoms. The Hall–Kier alpha value is -3.81. The lowest BCUT2D eigenvalue weighted by Gasteiger charge is -2.43. The number of halogens is 2. The van der Waals surface area contributed by atoms with Gasteiger partial charge >= 0.3 is 0 Å². The molecule has 4 aromatic rings. The number of amides is 1. The highest BCUT2D eigenvalue weighted by Gasteiger charge is 2.47. The van der Waals surface area contributed by atoms with E-state index in [0.717, 1.165) is 19.3 Å². The number of fused-ring (bicyclic) bond motifs is 3. The maximum atomic E-state index is 13.5. The first-order chi connectivity index (χ1) is 20.6. The van der Waals surface area contributed by atoms with Crippen LogP contribution in [-0.4, -0.2) is 75.2 Å². The van der Waals surface area contributed by atoms with Crippen LogP contribution in [0, 0.1) is 17.2 Å². The molecular weight excluding hydrogens is 600 g/mol. The molecule has 16 heteroatoms. The van der Waals surface area contributed by atoms with Crippen molar-refractivity contribution in [1.82, 2.24) is 34.4 Å². The largest absolute Gasteiger partial charge is 0.352 e. The fourth-order valence-electron chi connectivity index (χ4n) is 5.85. The summed E-state index contributed by atoms with van der Waals surface area (Å²) in [5.41, 5.74) is -0.398. The van der Waals surface area contributed by atoms with E-state index in [-0.39, 0.29) is 27.9 Å². The van der Waals surface area contributed by atoms with Gasteiger partial charge in [-0.3, -0.25) is 9.36 Å². The zero-order chi connectivity index (χ0) is 30.1. The molecule has 1 N–H and O–H groups in total. The van der Waals surface area contributed by atoms with E-state index in [0.29, 0.717) is 71.6 Å². The van der Waals surface area contributed by atoms with Gasteiger partial charge in [0, 0.05) is 37.0 Å². The Labute approximate surface area is 249 Å². The van der Waals surface area contributed by atoms with Gasteiger partial charge in [0.15, 0.2) is 10.7 Å². The number of alkyl halides is 2. The molecule has 1 amide bonds. The highest BCUT2D eigenvalue weighted by atomic mass is 32.2. The lowest BCUT2D eigenvalue weighted by atomic mass is 9.84. The van der Waals surface area contributed by atoms with E-state index in [1.165, 1.54) is 23.0 Å². The molecule has 224 valence electrons. The van der Waals surface area contributed by atoms with Crippen LogP contribution in [0.5, 0.6) is 0 Å². The molecule has 2 aliphatic carbocycles. The van der Waals surface area contributed by atoms with Gasteiger partial charge in [-0.15, -0.1) is 10.2 Å². The second-order valence-electron chi connectivity index (χ2n) is 11.4. The van der Waals surface area contributed by atoms with E-state index >= 15 is 0 Å². The summed E-state index contributed by atoms with van der Waals surface area (Å²) in [5.74, 6) is 0.886. The molecule has 1 saturated heterocycles. The van der Waals surface area contributed by atoms with Crippen molar-refractivity contribution in [2.75, 3.05) is 24.5 Å². The fraction of sp³-hybridized carbons (Fsp3) is 0.481. The number of rotatable bonds is 7. The van der Waals surface area contributed by atoms with Crippen LogP contribution in [0.2, 0.25) is 0 Å². The zero-order valence-electron chi connectivity index (χ0n) is 23.1. The average Bonchev–Trinajstić information content (AvgIpc) is 3.39. The predicted molar refractivity (Wildman–Crippen MR) is 153 cm³/mol. The van der Waals surface area contributed by atoms with Gasteiger partial charge in [0.1, 0.15) is 17.7 Å². The van der Waals surface area contributed by atoms with Gasteiger partial charge in [-0.25, -0.2) is 27.2 Å². The molecule has 12 nitrogen and oxygen atoms in total. The van der Waals surface area contributed by atoms with Crippen LogP contribution in [0.1, 0.15) is 50.5 Å². The standard InChI is InChI=1S/C27H27F2N9O3S2/c1-15-12-36(9-10-37(15)25(39)16-3-2-4-16)22-20-18-6-5-17(43(40,41)35-27(13-30)7-8-27)11-19(18)38(23(20)32-14-31-22)26-34-33-24(42-26)21(28)29/h5-6,11,14-16,21,35H,2-4,7-10,12H2,1H3. The fourth-order valence-corrected chi connectivity index (χ4v) is 7.96. The van der Waals surface area contributed by atoms with E-state index < -0.39 is 27.0 Å². The van der Waals surface area contributed by atoms with Crippen LogP contribution in [0.15, 0.2) is 29.4 Å². The lowest BCUT2D eigenvalue weighted by Crippen LogP contribution is -2.56. The highest BCUT2D eigenvalue weighted by Crippen LogP contribution is 2.40. The molecule has 0 radical (unpaired) electrons. The number of nitriles is 1. The summed E-state index contributed by atoms with van der Waals surface area (Å²) < 4.78 is 57.6. The van der Waals surface area contributed by atoms with E-state index in [1.807, 2.05) is 17.9 Å². The van der Waals surface area contributed by atoms with Crippen LogP contribution < -0.4 is 9.62 Å². The number of anilines is 1. The van der Waals surface area contributed by atoms with Gasteiger partial charge in [-0.2, -0.15) is 9.98 Å². The zero-order valence-corrected chi connectivity index (χ0v) is 24.7. The van der Waals surface area contributed by atoms with Crippen LogP contribution >= 0.6 is 11.3 Å². The van der Waals surface area contributed by atoms with Crippen LogP contribution in [0.3, 0.4) is 0 Å². The van der Waals surface area contributed by atoms with Gasteiger partial charge in [0.05, 0.1) is 21.9 Å². The van der Waals surface area contributed by atoms with E-state index in [4.69, 9.17) is 0 Å². The van der Waals surface area contributed by atoms with Crippen LogP contribution in [-0.2, 0) is 14.8 Å². The molecule has 1 atom stereocenters. The van der Waals surface area contributed by atoms with Crippen molar-refractivity contribution in [2.45, 2.75) is 61.9 Å². The topological polar surface area (TPSA) is 150 Å². The number of nitrogens with one attached hydrogen (secondary N) is 1. The Bertz CT molecular complexity index is 1910. The Morgan fingerprint density at radius 2 is 2.00 bits per heavy atom. The summed E-state index contributed by atoms with van der Waals surface area (Å²) in [7, 11) is -4.08. The maximum Gasteiger partial charge on any atom is 0.291 e. The first-order valence-electron chi connectivity index (χ1n) is 14.0. The molecule has 1 unspecified atom stereocenters. The molecule has 4 heterocycles. The van der Waals surface area contributed by atoms with Gasteiger partial charge in [0.25, 0.3) is 6.43 Å². The minimum absolute atomic E-state index is 0.0605. The van der Waals surface area contributed by atoms with Crippen LogP contribution in [0.25, 0.3) is 27.1 Å². The van der Waals surface area contributed by atoms with Gasteiger partial charge in [-0.1, -0.05) is 23.8 Å². The van der Waals surface area contributed by atoms with Crippen molar-refractivity contribution >= 4 is 55.0 Å². The second-order valence-corrected chi connectivity index (χ2v) is 14.1. The first kappa shape index (κ1) is 28.0. The highest BCUT2D eigenvalue weighted by molar-refractivity contribution is 7.89. The van der Waals surface area contributed by atoms with Gasteiger partial charge in [0.2, 0.25) is 21.1 Å². The van der Waals surface area contributed by atoms with E-state index in [2.05, 4.69) is 29.8 Å². The van der Waals surface area contributed by atoms with Crippen LogP contribution in [0.4, 0.5) is 14.6 Å². The number of nitrogens with zero attached hydrogens (tertiary/aromatic N) is 8. The molecule has 3 aromatic heterocycles. The normalized spacial score (nSPS) is 20.5. The lowest BCUT2D eigenvalue weighted by molar-refractivity contribution is -0.140. The quantitative estimate of drug-likeness (QED) is 0.325. The SMILES string of the molecule is CC1CN(c2ncnc3c2c2ccc(S(=O)(=O)NC4(C#N)CC4)cc2n3-c2nnc(C(F)F)s2)CCN1C(=O)C1CCC1. The Balaban J connectivity index is 1.34. The number of piperazine rings is 1. The van der Waals surface area contributed by atoms with Crippen molar-refractivity contribution in [3.05, 3.63) is 29.5 Å². The third kappa shape index (κ3) is 4.70. The molecular formula is C27H27F2N9O3S2. The summed E-state index contributed by atoms with van der Waals surface area (Å²) in [6, 6.07) is 6.48. The molecule has 3 fully saturated rings. The molecule has 1 aromatic carbocycles. The van der Waals surface area contributed by atoms with Crippen molar-refractivity contribution < 1.29 is 22.0 Å². The molecule has 43 heavy (non-hydrogen) atoms. The Morgan fingerprint density at radius 1 is 1.21 bits per heavy atom. The summed E-state index contributed by atoms with van der Waals surface area (Å²) in [4.78, 5) is 26.0.